The molecule has 0 bridgehead atoms. The van der Waals surface area contributed by atoms with Crippen LogP contribution in [0.3, 0.4) is 0 Å². The van der Waals surface area contributed by atoms with Crippen LogP contribution in [-0.4, -0.2) is 71.5 Å². The number of imide groups is 1. The van der Waals surface area contributed by atoms with Crippen molar-refractivity contribution >= 4 is 76.1 Å². The molecule has 60 heavy (non-hydrogen) atoms. The summed E-state index contributed by atoms with van der Waals surface area (Å²) in [6.45, 7) is 3.89. The van der Waals surface area contributed by atoms with E-state index in [4.69, 9.17) is 17.0 Å². The second kappa shape index (κ2) is 18.1. The van der Waals surface area contributed by atoms with E-state index in [9.17, 15) is 42.0 Å². The van der Waals surface area contributed by atoms with Crippen LogP contribution < -0.4 is 30.5 Å². The van der Waals surface area contributed by atoms with Gasteiger partial charge < -0.3 is 20.3 Å². The van der Waals surface area contributed by atoms with Crippen molar-refractivity contribution in [3.63, 3.8) is 0 Å². The molecule has 12 nitrogen and oxygen atoms in total. The number of likely N-dealkylation sites (tertiary alicyclic amines) is 1. The van der Waals surface area contributed by atoms with Gasteiger partial charge in [-0.3, -0.25) is 34.3 Å². The Morgan fingerprint density at radius 2 is 1.77 bits per heavy atom. The van der Waals surface area contributed by atoms with Crippen molar-refractivity contribution in [2.45, 2.75) is 82.5 Å². The minimum Gasteiger partial charge on any atom is -0.493 e. The molecule has 1 unspecified atom stereocenters. The SMILES string of the molecule is CCc1cc(N2C(=S)N(c3ccc(C#N)c(C(F)(F)F)c3)C(=O)C23CCC3)ccc1OCCC1CCN(CC(=O)Nc2cc(NC3CCC(=O)NC3=O)ccc2F)CC1.Cl. The first-order valence-corrected chi connectivity index (χ1v) is 20.1. The number of carbonyl (C=O) groups is 4. The first kappa shape index (κ1) is 44.2. The predicted molar refractivity (Wildman–Crippen MR) is 222 cm³/mol. The van der Waals surface area contributed by atoms with Crippen molar-refractivity contribution < 1.29 is 41.5 Å². The molecule has 3 heterocycles. The molecule has 3 aliphatic heterocycles. The number of thiocarbonyl (C=S) groups is 1. The Hall–Kier alpha value is -5.31. The van der Waals surface area contributed by atoms with Gasteiger partial charge in [0.05, 0.1) is 41.7 Å². The first-order chi connectivity index (χ1) is 28.2. The summed E-state index contributed by atoms with van der Waals surface area (Å²) >= 11 is 5.80. The van der Waals surface area contributed by atoms with Crippen LogP contribution in [0.25, 0.3) is 0 Å². The van der Waals surface area contributed by atoms with E-state index in [1.54, 1.807) is 11.0 Å². The fourth-order valence-electron chi connectivity index (χ4n) is 8.24. The summed E-state index contributed by atoms with van der Waals surface area (Å²) in [5.74, 6) is -1.10. The number of nitriles is 1. The summed E-state index contributed by atoms with van der Waals surface area (Å²) in [6.07, 6.45) is 0.554. The maximum absolute atomic E-state index is 14.6. The Morgan fingerprint density at radius 3 is 2.42 bits per heavy atom. The highest BCUT2D eigenvalue weighted by molar-refractivity contribution is 7.81. The molecular weight excluding hydrogens is 826 g/mol. The van der Waals surface area contributed by atoms with E-state index in [1.807, 2.05) is 30.0 Å². The summed E-state index contributed by atoms with van der Waals surface area (Å²) < 4.78 is 62.4. The number of alkyl halides is 3. The molecule has 1 atom stereocenters. The van der Waals surface area contributed by atoms with Crippen molar-refractivity contribution in [3.8, 4) is 11.8 Å². The van der Waals surface area contributed by atoms with Gasteiger partial charge in [0.1, 0.15) is 23.1 Å². The van der Waals surface area contributed by atoms with Gasteiger partial charge in [0.25, 0.3) is 5.91 Å². The second-order valence-electron chi connectivity index (χ2n) is 15.4. The van der Waals surface area contributed by atoms with E-state index in [0.717, 1.165) is 48.3 Å². The van der Waals surface area contributed by atoms with Crippen molar-refractivity contribution in [2.75, 3.05) is 46.7 Å². The number of anilines is 4. The van der Waals surface area contributed by atoms with Crippen LogP contribution in [-0.2, 0) is 31.8 Å². The van der Waals surface area contributed by atoms with Gasteiger partial charge in [0.15, 0.2) is 5.11 Å². The topological polar surface area (TPSA) is 147 Å². The Bertz CT molecular complexity index is 2220. The van der Waals surface area contributed by atoms with E-state index in [0.29, 0.717) is 68.4 Å². The van der Waals surface area contributed by atoms with Crippen LogP contribution in [0.4, 0.5) is 40.3 Å². The number of halogens is 5. The lowest BCUT2D eigenvalue weighted by Gasteiger charge is -2.43. The van der Waals surface area contributed by atoms with Crippen LogP contribution in [0, 0.1) is 23.1 Å². The minimum absolute atomic E-state index is 0. The number of ether oxygens (including phenoxy) is 1. The van der Waals surface area contributed by atoms with Gasteiger partial charge in [0.2, 0.25) is 17.7 Å². The average molecular weight is 870 g/mol. The van der Waals surface area contributed by atoms with E-state index < -0.39 is 46.5 Å². The summed E-state index contributed by atoms with van der Waals surface area (Å²) in [4.78, 5) is 55.3. The van der Waals surface area contributed by atoms with E-state index in [1.165, 1.54) is 24.3 Å². The first-order valence-electron chi connectivity index (χ1n) is 19.7. The number of benzene rings is 3. The molecule has 0 radical (unpaired) electrons. The van der Waals surface area contributed by atoms with Crippen molar-refractivity contribution in [1.82, 2.24) is 10.2 Å². The summed E-state index contributed by atoms with van der Waals surface area (Å²) in [5, 5.41) is 17.3. The number of hydrogen-bond acceptors (Lipinski definition) is 9. The molecule has 3 N–H and O–H groups in total. The normalized spacial score (nSPS) is 19.4. The lowest BCUT2D eigenvalue weighted by molar-refractivity contribution is -0.138. The van der Waals surface area contributed by atoms with E-state index >= 15 is 0 Å². The summed E-state index contributed by atoms with van der Waals surface area (Å²) in [5.41, 5.74) is -0.743. The lowest BCUT2D eigenvalue weighted by Crippen LogP contribution is -2.55. The molecule has 318 valence electrons. The maximum atomic E-state index is 14.6. The zero-order chi connectivity index (χ0) is 42.1. The van der Waals surface area contributed by atoms with Gasteiger partial charge in [-0.1, -0.05) is 6.92 Å². The number of nitrogens with zero attached hydrogens (tertiary/aromatic N) is 4. The molecule has 1 aliphatic carbocycles. The number of amides is 4. The predicted octanol–water partition coefficient (Wildman–Crippen LogP) is 7.10. The zero-order valence-corrected chi connectivity index (χ0v) is 34.3. The number of piperidine rings is 2. The number of carbonyl (C=O) groups excluding carboxylic acids is 4. The fraction of sp³-hybridized carbons (Fsp3) is 0.429. The van der Waals surface area contributed by atoms with Crippen LogP contribution in [0.1, 0.15) is 75.0 Å². The maximum Gasteiger partial charge on any atom is 0.417 e. The van der Waals surface area contributed by atoms with Gasteiger partial charge in [-0.15, -0.1) is 12.4 Å². The van der Waals surface area contributed by atoms with Gasteiger partial charge in [-0.25, -0.2) is 4.39 Å². The largest absolute Gasteiger partial charge is 0.493 e. The van der Waals surface area contributed by atoms with Crippen molar-refractivity contribution in [2.24, 2.45) is 5.92 Å². The molecule has 18 heteroatoms. The third kappa shape index (κ3) is 9.05. The van der Waals surface area contributed by atoms with E-state index in [-0.39, 0.29) is 53.7 Å². The van der Waals surface area contributed by atoms with Crippen molar-refractivity contribution in [3.05, 3.63) is 77.1 Å². The highest BCUT2D eigenvalue weighted by Crippen LogP contribution is 2.49. The molecule has 0 aromatic heterocycles. The van der Waals surface area contributed by atoms with Crippen molar-refractivity contribution in [1.29, 1.82) is 5.26 Å². The van der Waals surface area contributed by atoms with Crippen LogP contribution in [0.2, 0.25) is 0 Å². The molecule has 1 saturated carbocycles. The average Bonchev–Trinajstić information content (AvgIpc) is 3.43. The van der Waals surface area contributed by atoms with E-state index in [2.05, 4.69) is 16.0 Å². The quantitative estimate of drug-likeness (QED) is 0.0979. The van der Waals surface area contributed by atoms with Crippen LogP contribution >= 0.6 is 24.6 Å². The minimum atomic E-state index is -4.79. The number of hydrogen-bond donors (Lipinski definition) is 3. The Balaban J connectivity index is 0.00000604. The number of aryl methyl sites for hydroxylation is 1. The molecule has 3 aromatic rings. The molecule has 4 fully saturated rings. The second-order valence-corrected chi connectivity index (χ2v) is 15.7. The third-order valence-corrected chi connectivity index (χ3v) is 12.0. The highest BCUT2D eigenvalue weighted by atomic mass is 35.5. The molecule has 1 spiro atoms. The summed E-state index contributed by atoms with van der Waals surface area (Å²) in [6, 6.07) is 13.8. The number of rotatable bonds is 12. The number of nitrogens with one attached hydrogen (secondary N) is 3. The van der Waals surface area contributed by atoms with Crippen LogP contribution in [0.5, 0.6) is 5.75 Å². The summed E-state index contributed by atoms with van der Waals surface area (Å²) in [7, 11) is 0. The Labute approximate surface area is 356 Å². The fourth-order valence-corrected chi connectivity index (χ4v) is 8.71. The monoisotopic (exact) mass is 869 g/mol. The molecule has 3 saturated heterocycles. The molecule has 4 aliphatic rings. The Kier molecular flexibility index (Phi) is 13.4. The van der Waals surface area contributed by atoms with Crippen LogP contribution in [0.15, 0.2) is 54.6 Å². The lowest BCUT2D eigenvalue weighted by atomic mass is 9.75. The molecule has 3 aromatic carbocycles. The van der Waals surface area contributed by atoms with Gasteiger partial charge in [-0.2, -0.15) is 18.4 Å². The smallest absolute Gasteiger partial charge is 0.417 e. The van der Waals surface area contributed by atoms with Gasteiger partial charge in [-0.05, 0) is 143 Å². The van der Waals surface area contributed by atoms with Gasteiger partial charge in [0, 0.05) is 17.8 Å². The molecular formula is C42H44ClF4N7O5S. The third-order valence-electron chi connectivity index (χ3n) is 11.6. The molecule has 7 rings (SSSR count). The standard InChI is InChI=1S/C42H43F4N7O5S.ClH/c1-2-26-20-30(53-40(59)52(39(57)41(53)15-3-16-41)29-6-4-27(23-47)31(22-29)42(44,45)46)7-10-35(26)58-19-14-25-12-17-51(18-13-25)24-37(55)49-34-21-28(5-8-32(34)43)48-33-9-11-36(54)50-38(33)56;/h4-8,10,20-22,25,33,48H,2-3,9,11-19,24H2,1H3,(H,49,55)(H,50,54,56);1H. The van der Waals surface area contributed by atoms with Gasteiger partial charge >= 0.3 is 6.18 Å². The molecule has 4 amide bonds. The highest BCUT2D eigenvalue weighted by Gasteiger charge is 2.59. The zero-order valence-electron chi connectivity index (χ0n) is 32.7. The Morgan fingerprint density at radius 1 is 1.03 bits per heavy atom.